The molecule has 120 valence electrons. The van der Waals surface area contributed by atoms with Gasteiger partial charge < -0.3 is 10.1 Å². The van der Waals surface area contributed by atoms with E-state index in [2.05, 4.69) is 16.6 Å². The number of amides is 1. The first kappa shape index (κ1) is 16.7. The van der Waals surface area contributed by atoms with Crippen molar-refractivity contribution in [2.24, 2.45) is 0 Å². The minimum Gasteiger partial charge on any atom is -0.376 e. The normalized spacial score (nSPS) is 18.1. The van der Waals surface area contributed by atoms with Gasteiger partial charge in [0, 0.05) is 25.3 Å². The third-order valence-electron chi connectivity index (χ3n) is 3.36. The lowest BCUT2D eigenvalue weighted by Gasteiger charge is -2.11. The smallest absolute Gasteiger partial charge is 0.251 e. The maximum absolute atomic E-state index is 12.0. The van der Waals surface area contributed by atoms with Gasteiger partial charge in [-0.3, -0.25) is 4.79 Å². The summed E-state index contributed by atoms with van der Waals surface area (Å²) in [5.41, 5.74) is 0.417. The maximum Gasteiger partial charge on any atom is 0.251 e. The number of hydrogen-bond donors (Lipinski definition) is 2. The summed E-state index contributed by atoms with van der Waals surface area (Å²) in [4.78, 5) is 12.1. The molecule has 0 bridgehead atoms. The third-order valence-corrected chi connectivity index (χ3v) is 4.80. The summed E-state index contributed by atoms with van der Waals surface area (Å²) in [6.45, 7) is 4.83. The molecule has 1 amide bonds. The van der Waals surface area contributed by atoms with Gasteiger partial charge in [0.2, 0.25) is 10.0 Å². The average Bonchev–Trinajstić information content (AvgIpc) is 3.04. The summed E-state index contributed by atoms with van der Waals surface area (Å²) >= 11 is 0. The van der Waals surface area contributed by atoms with E-state index in [1.54, 1.807) is 0 Å². The number of carbonyl (C=O) groups excluding carboxylic acids is 1. The van der Waals surface area contributed by atoms with Gasteiger partial charge in [-0.2, -0.15) is 0 Å². The molecule has 1 aliphatic heterocycles. The van der Waals surface area contributed by atoms with E-state index >= 15 is 0 Å². The first-order valence-electron chi connectivity index (χ1n) is 7.13. The first-order valence-corrected chi connectivity index (χ1v) is 8.61. The van der Waals surface area contributed by atoms with Crippen LogP contribution >= 0.6 is 0 Å². The van der Waals surface area contributed by atoms with Crippen LogP contribution in [-0.4, -0.2) is 40.1 Å². The highest BCUT2D eigenvalue weighted by molar-refractivity contribution is 7.89. The highest BCUT2D eigenvalue weighted by atomic mass is 32.2. The van der Waals surface area contributed by atoms with Crippen LogP contribution in [0.3, 0.4) is 0 Å². The molecule has 1 aromatic carbocycles. The molecule has 0 saturated carbocycles. The second-order valence-electron chi connectivity index (χ2n) is 5.01. The summed E-state index contributed by atoms with van der Waals surface area (Å²) in [6.07, 6.45) is 3.51. The van der Waals surface area contributed by atoms with Crippen LogP contribution in [-0.2, 0) is 14.8 Å². The molecule has 2 rings (SSSR count). The minimum atomic E-state index is -3.56. The molecule has 1 aromatic rings. The zero-order chi connectivity index (χ0) is 16.0. The Morgan fingerprint density at radius 2 is 2.09 bits per heavy atom. The minimum absolute atomic E-state index is 0.0757. The van der Waals surface area contributed by atoms with Crippen LogP contribution < -0.4 is 10.0 Å². The maximum atomic E-state index is 12.0. The van der Waals surface area contributed by atoms with Gasteiger partial charge >= 0.3 is 0 Å². The SMILES string of the molecule is C=CCNS(=O)(=O)c1ccc(C(=O)NCC2CCCO2)cc1. The predicted molar refractivity (Wildman–Crippen MR) is 83.1 cm³/mol. The molecule has 0 radical (unpaired) electrons. The van der Waals surface area contributed by atoms with Crippen LogP contribution in [0.2, 0.25) is 0 Å². The Bertz CT molecular complexity index is 619. The van der Waals surface area contributed by atoms with Crippen molar-refractivity contribution in [2.75, 3.05) is 19.7 Å². The molecular formula is C15H20N2O4S. The number of sulfonamides is 1. The van der Waals surface area contributed by atoms with Crippen LogP contribution in [0.1, 0.15) is 23.2 Å². The van der Waals surface area contributed by atoms with Crippen LogP contribution in [0.25, 0.3) is 0 Å². The van der Waals surface area contributed by atoms with Gasteiger partial charge in [-0.05, 0) is 37.1 Å². The molecule has 1 saturated heterocycles. The molecule has 0 aromatic heterocycles. The van der Waals surface area contributed by atoms with E-state index < -0.39 is 10.0 Å². The lowest BCUT2D eigenvalue weighted by Crippen LogP contribution is -2.31. The van der Waals surface area contributed by atoms with Gasteiger partial charge in [-0.25, -0.2) is 13.1 Å². The van der Waals surface area contributed by atoms with E-state index in [9.17, 15) is 13.2 Å². The molecular weight excluding hydrogens is 304 g/mol. The Hall–Kier alpha value is -1.70. The second-order valence-corrected chi connectivity index (χ2v) is 6.78. The van der Waals surface area contributed by atoms with Gasteiger partial charge in [-0.1, -0.05) is 6.08 Å². The van der Waals surface area contributed by atoms with Crippen LogP contribution in [0.4, 0.5) is 0 Å². The fourth-order valence-corrected chi connectivity index (χ4v) is 3.15. The molecule has 0 aliphatic carbocycles. The number of nitrogens with one attached hydrogen (secondary N) is 2. The monoisotopic (exact) mass is 324 g/mol. The van der Waals surface area contributed by atoms with Crippen molar-refractivity contribution in [1.82, 2.24) is 10.0 Å². The van der Waals surface area contributed by atoms with E-state index in [-0.39, 0.29) is 23.5 Å². The Labute approximate surface area is 130 Å². The number of hydrogen-bond acceptors (Lipinski definition) is 4. The van der Waals surface area contributed by atoms with Gasteiger partial charge in [0.15, 0.2) is 0 Å². The number of ether oxygens (including phenoxy) is 1. The largest absolute Gasteiger partial charge is 0.376 e. The van der Waals surface area contributed by atoms with Crippen molar-refractivity contribution in [2.45, 2.75) is 23.8 Å². The van der Waals surface area contributed by atoms with Gasteiger partial charge in [0.25, 0.3) is 5.91 Å². The van der Waals surface area contributed by atoms with Crippen LogP contribution in [0.15, 0.2) is 41.8 Å². The zero-order valence-corrected chi connectivity index (χ0v) is 13.1. The molecule has 1 aliphatic rings. The molecule has 1 heterocycles. The summed E-state index contributed by atoms with van der Waals surface area (Å²) in [5.74, 6) is -0.238. The first-order chi connectivity index (χ1) is 10.5. The topological polar surface area (TPSA) is 84.5 Å². The van der Waals surface area contributed by atoms with E-state index in [0.717, 1.165) is 19.4 Å². The molecule has 2 N–H and O–H groups in total. The van der Waals surface area contributed by atoms with E-state index in [1.807, 2.05) is 0 Å². The Kier molecular flexibility index (Phi) is 5.70. The van der Waals surface area contributed by atoms with Crippen molar-refractivity contribution in [3.05, 3.63) is 42.5 Å². The summed E-state index contributed by atoms with van der Waals surface area (Å²) in [6, 6.07) is 5.80. The van der Waals surface area contributed by atoms with Gasteiger partial charge in [0.05, 0.1) is 11.0 Å². The highest BCUT2D eigenvalue weighted by Crippen LogP contribution is 2.12. The molecule has 1 atom stereocenters. The second kappa shape index (κ2) is 7.53. The van der Waals surface area contributed by atoms with Crippen molar-refractivity contribution in [3.63, 3.8) is 0 Å². The standard InChI is InChI=1S/C15H20N2O4S/c1-2-9-17-22(19,20)14-7-5-12(6-8-14)15(18)16-11-13-4-3-10-21-13/h2,5-8,13,17H,1,3-4,9-11H2,(H,16,18). The summed E-state index contributed by atoms with van der Waals surface area (Å²) < 4.78 is 31.6. The molecule has 0 spiro atoms. The molecule has 1 unspecified atom stereocenters. The fourth-order valence-electron chi connectivity index (χ4n) is 2.15. The Balaban J connectivity index is 1.95. The molecule has 1 fully saturated rings. The van der Waals surface area contributed by atoms with Crippen molar-refractivity contribution < 1.29 is 17.9 Å². The molecule has 22 heavy (non-hydrogen) atoms. The van der Waals surface area contributed by atoms with Crippen LogP contribution in [0, 0.1) is 0 Å². The van der Waals surface area contributed by atoms with E-state index in [1.165, 1.54) is 30.3 Å². The lowest BCUT2D eigenvalue weighted by atomic mass is 10.2. The highest BCUT2D eigenvalue weighted by Gasteiger charge is 2.17. The van der Waals surface area contributed by atoms with Crippen molar-refractivity contribution >= 4 is 15.9 Å². The fraction of sp³-hybridized carbons (Fsp3) is 0.400. The summed E-state index contributed by atoms with van der Waals surface area (Å²) in [5, 5.41) is 2.79. The average molecular weight is 324 g/mol. The van der Waals surface area contributed by atoms with Crippen molar-refractivity contribution in [3.8, 4) is 0 Å². The van der Waals surface area contributed by atoms with Gasteiger partial charge in [-0.15, -0.1) is 6.58 Å². The van der Waals surface area contributed by atoms with Crippen molar-refractivity contribution in [1.29, 1.82) is 0 Å². The molecule has 6 nitrogen and oxygen atoms in total. The quantitative estimate of drug-likeness (QED) is 0.735. The Morgan fingerprint density at radius 1 is 1.36 bits per heavy atom. The zero-order valence-electron chi connectivity index (χ0n) is 12.2. The van der Waals surface area contributed by atoms with E-state index in [0.29, 0.717) is 12.1 Å². The van der Waals surface area contributed by atoms with E-state index in [4.69, 9.17) is 4.74 Å². The predicted octanol–water partition coefficient (Wildman–Crippen LogP) is 1.06. The number of rotatable bonds is 7. The van der Waals surface area contributed by atoms with Crippen LogP contribution in [0.5, 0.6) is 0 Å². The molecule has 7 heteroatoms. The summed E-state index contributed by atoms with van der Waals surface area (Å²) in [7, 11) is -3.56. The van der Waals surface area contributed by atoms with Gasteiger partial charge in [0.1, 0.15) is 0 Å². The number of carbonyl (C=O) groups is 1. The number of benzene rings is 1. The Morgan fingerprint density at radius 3 is 2.68 bits per heavy atom. The third kappa shape index (κ3) is 4.40. The lowest BCUT2D eigenvalue weighted by molar-refractivity contribution is 0.0857.